The lowest BCUT2D eigenvalue weighted by Crippen LogP contribution is -1.95. The maximum absolute atomic E-state index is 2.32. The Balaban J connectivity index is 2.30. The highest BCUT2D eigenvalue weighted by atomic mass is 15.0. The van der Waals surface area contributed by atoms with Crippen molar-refractivity contribution < 1.29 is 0 Å². The van der Waals surface area contributed by atoms with E-state index in [0.29, 0.717) is 0 Å². The zero-order chi connectivity index (χ0) is 12.6. The van der Waals surface area contributed by atoms with Crippen molar-refractivity contribution in [3.63, 3.8) is 0 Å². The van der Waals surface area contributed by atoms with Crippen LogP contribution in [-0.2, 0) is 0 Å². The van der Waals surface area contributed by atoms with Gasteiger partial charge in [-0.2, -0.15) is 0 Å². The normalized spacial score (nSPS) is 12.5. The van der Waals surface area contributed by atoms with Crippen LogP contribution in [0.4, 0.5) is 0 Å². The molecule has 0 aliphatic rings. The van der Waals surface area contributed by atoms with E-state index in [2.05, 4.69) is 70.6 Å². The molecule has 90 valence electrons. The standard InChI is InChI=1S/C17H12N2/c1-11-2-5-14-15(10-11)19-9-7-13-4-3-12-6-8-18(14)16(12)17(13)19/h2-10H,1H3. The lowest BCUT2D eigenvalue weighted by atomic mass is 10.1. The first-order valence-electron chi connectivity index (χ1n) is 6.55. The third kappa shape index (κ3) is 0.990. The molecule has 3 aromatic heterocycles. The van der Waals surface area contributed by atoms with Crippen molar-refractivity contribution in [2.45, 2.75) is 6.92 Å². The molecule has 0 amide bonds. The second kappa shape index (κ2) is 2.91. The van der Waals surface area contributed by atoms with Crippen LogP contribution in [0.5, 0.6) is 0 Å². The number of aryl methyl sites for hydroxylation is 1. The van der Waals surface area contributed by atoms with Crippen LogP contribution >= 0.6 is 0 Å². The highest BCUT2D eigenvalue weighted by Crippen LogP contribution is 2.32. The first kappa shape index (κ1) is 9.45. The Bertz CT molecular complexity index is 1060. The van der Waals surface area contributed by atoms with E-state index in [1.165, 1.54) is 38.4 Å². The number of fused-ring (bicyclic) bond motifs is 3. The van der Waals surface area contributed by atoms with Crippen LogP contribution < -0.4 is 0 Å². The molecule has 0 radical (unpaired) electrons. The molecule has 0 fully saturated rings. The topological polar surface area (TPSA) is 8.82 Å². The monoisotopic (exact) mass is 244 g/mol. The second-order valence-electron chi connectivity index (χ2n) is 5.30. The van der Waals surface area contributed by atoms with Gasteiger partial charge in [0.15, 0.2) is 0 Å². The Kier molecular flexibility index (Phi) is 1.45. The van der Waals surface area contributed by atoms with Gasteiger partial charge in [0.2, 0.25) is 0 Å². The van der Waals surface area contributed by atoms with E-state index in [1.54, 1.807) is 0 Å². The molecule has 0 aliphatic carbocycles. The SMILES string of the molecule is Cc1ccc2c(c1)n1ccc3ccc4ccn2c4c31. The third-order valence-electron chi connectivity index (χ3n) is 4.15. The summed E-state index contributed by atoms with van der Waals surface area (Å²) >= 11 is 0. The average molecular weight is 244 g/mol. The highest BCUT2D eigenvalue weighted by molar-refractivity contribution is 6.08. The van der Waals surface area contributed by atoms with Crippen LogP contribution in [0, 0.1) is 6.92 Å². The summed E-state index contributed by atoms with van der Waals surface area (Å²) in [7, 11) is 0. The molecular weight excluding hydrogens is 232 g/mol. The van der Waals surface area contributed by atoms with Crippen molar-refractivity contribution in [3.8, 4) is 0 Å². The molecule has 2 nitrogen and oxygen atoms in total. The van der Waals surface area contributed by atoms with Crippen LogP contribution in [0.3, 0.4) is 0 Å². The fourth-order valence-corrected chi connectivity index (χ4v) is 3.28. The van der Waals surface area contributed by atoms with E-state index < -0.39 is 0 Å². The second-order valence-corrected chi connectivity index (χ2v) is 5.30. The van der Waals surface area contributed by atoms with Crippen LogP contribution in [-0.4, -0.2) is 8.80 Å². The summed E-state index contributed by atoms with van der Waals surface area (Å²) in [6, 6.07) is 15.5. The molecule has 0 saturated heterocycles. The minimum absolute atomic E-state index is 1.26. The molecule has 0 atom stereocenters. The summed E-state index contributed by atoms with van der Waals surface area (Å²) in [5.74, 6) is 0. The number of aromatic nitrogens is 2. The van der Waals surface area contributed by atoms with Crippen LogP contribution in [0.1, 0.15) is 5.56 Å². The first-order valence-corrected chi connectivity index (χ1v) is 6.55. The van der Waals surface area contributed by atoms with Gasteiger partial charge in [-0.3, -0.25) is 0 Å². The van der Waals surface area contributed by atoms with Crippen LogP contribution in [0.15, 0.2) is 54.9 Å². The molecule has 0 aliphatic heterocycles. The minimum Gasteiger partial charge on any atom is -0.313 e. The third-order valence-corrected chi connectivity index (χ3v) is 4.15. The van der Waals surface area contributed by atoms with Crippen molar-refractivity contribution in [3.05, 3.63) is 60.4 Å². The average Bonchev–Trinajstić information content (AvgIpc) is 3.00. The van der Waals surface area contributed by atoms with E-state index in [9.17, 15) is 0 Å². The van der Waals surface area contributed by atoms with Gasteiger partial charge in [-0.25, -0.2) is 0 Å². The van der Waals surface area contributed by atoms with Crippen LogP contribution in [0.25, 0.3) is 32.8 Å². The van der Waals surface area contributed by atoms with E-state index in [0.717, 1.165) is 0 Å². The summed E-state index contributed by atoms with van der Waals surface area (Å²) in [5, 5.41) is 2.61. The maximum Gasteiger partial charge on any atom is 0.0777 e. The number of benzene rings is 2. The molecule has 3 heterocycles. The summed E-state index contributed by atoms with van der Waals surface area (Å²) in [6.45, 7) is 2.15. The molecule has 0 unspecified atom stereocenters. The lowest BCUT2D eigenvalue weighted by molar-refractivity contribution is 1.19. The van der Waals surface area contributed by atoms with Crippen molar-refractivity contribution in [1.82, 2.24) is 8.80 Å². The van der Waals surface area contributed by atoms with E-state index in [4.69, 9.17) is 0 Å². The van der Waals surface area contributed by atoms with Gasteiger partial charge in [0, 0.05) is 23.2 Å². The zero-order valence-electron chi connectivity index (χ0n) is 10.6. The van der Waals surface area contributed by atoms with Gasteiger partial charge in [0.1, 0.15) is 0 Å². The van der Waals surface area contributed by atoms with Crippen LogP contribution in [0.2, 0.25) is 0 Å². The lowest BCUT2D eigenvalue weighted by Gasteiger charge is -2.10. The Hall–Kier alpha value is -2.48. The molecule has 19 heavy (non-hydrogen) atoms. The van der Waals surface area contributed by atoms with Gasteiger partial charge in [-0.1, -0.05) is 18.2 Å². The number of hydrogen-bond donors (Lipinski definition) is 0. The molecule has 5 rings (SSSR count). The Morgan fingerprint density at radius 1 is 0.684 bits per heavy atom. The molecule has 0 saturated carbocycles. The van der Waals surface area contributed by atoms with Gasteiger partial charge >= 0.3 is 0 Å². The van der Waals surface area contributed by atoms with Gasteiger partial charge in [-0.15, -0.1) is 0 Å². The summed E-state index contributed by atoms with van der Waals surface area (Å²) < 4.78 is 4.63. The Morgan fingerprint density at radius 3 is 2.00 bits per heavy atom. The summed E-state index contributed by atoms with van der Waals surface area (Å²) in [6.07, 6.45) is 4.35. The fourth-order valence-electron chi connectivity index (χ4n) is 3.28. The molecule has 0 N–H and O–H groups in total. The largest absolute Gasteiger partial charge is 0.313 e. The van der Waals surface area contributed by atoms with Gasteiger partial charge in [0.25, 0.3) is 0 Å². The Labute approximate surface area is 109 Å². The zero-order valence-corrected chi connectivity index (χ0v) is 10.6. The number of hydrogen-bond acceptors (Lipinski definition) is 0. The maximum atomic E-state index is 2.32. The molecule has 0 bridgehead atoms. The highest BCUT2D eigenvalue weighted by Gasteiger charge is 2.13. The molecule has 0 spiro atoms. The van der Waals surface area contributed by atoms with Crippen molar-refractivity contribution in [2.75, 3.05) is 0 Å². The van der Waals surface area contributed by atoms with Gasteiger partial charge < -0.3 is 8.80 Å². The molecule has 2 heteroatoms. The van der Waals surface area contributed by atoms with Gasteiger partial charge in [-0.05, 0) is 36.8 Å². The number of nitrogens with zero attached hydrogens (tertiary/aromatic N) is 2. The molecule has 2 aromatic carbocycles. The minimum atomic E-state index is 1.26. The number of rotatable bonds is 0. The smallest absolute Gasteiger partial charge is 0.0777 e. The fraction of sp³-hybridized carbons (Fsp3) is 0.0588. The van der Waals surface area contributed by atoms with Crippen molar-refractivity contribution >= 4 is 32.8 Å². The quantitative estimate of drug-likeness (QED) is 0.360. The predicted molar refractivity (Wildman–Crippen MR) is 79.3 cm³/mol. The predicted octanol–water partition coefficient (Wildman–Crippen LogP) is 4.24. The van der Waals surface area contributed by atoms with E-state index in [1.807, 2.05) is 0 Å². The van der Waals surface area contributed by atoms with Crippen molar-refractivity contribution in [1.29, 1.82) is 0 Å². The van der Waals surface area contributed by atoms with E-state index in [-0.39, 0.29) is 0 Å². The molecular formula is C17H12N2. The van der Waals surface area contributed by atoms with Gasteiger partial charge in [0.05, 0.1) is 22.1 Å². The summed E-state index contributed by atoms with van der Waals surface area (Å²) in [5.41, 5.74) is 6.46. The first-order chi connectivity index (χ1) is 9.33. The van der Waals surface area contributed by atoms with E-state index >= 15 is 0 Å². The van der Waals surface area contributed by atoms with Crippen molar-refractivity contribution in [2.24, 2.45) is 0 Å². The molecule has 5 aromatic rings. The summed E-state index contributed by atoms with van der Waals surface area (Å²) in [4.78, 5) is 0. The Morgan fingerprint density at radius 2 is 1.32 bits per heavy atom.